The molecule has 2 rings (SSSR count). The minimum Gasteiger partial charge on any atom is -0.481 e. The van der Waals surface area contributed by atoms with E-state index in [0.29, 0.717) is 0 Å². The van der Waals surface area contributed by atoms with Crippen LogP contribution in [0.15, 0.2) is 45.6 Å². The lowest BCUT2D eigenvalue weighted by molar-refractivity contribution is 0.332. The van der Waals surface area contributed by atoms with Crippen molar-refractivity contribution in [2.75, 3.05) is 0 Å². The SMILES string of the molecule is Oc1ccco1.Oc1ccco1. The normalized spacial score (nSPS) is 8.67. The first-order valence-electron chi connectivity index (χ1n) is 3.24. The standard InChI is InChI=1S/2C4H4O2/c2*5-4-2-1-3-6-4/h2*1-3,5H. The number of rotatable bonds is 0. The Morgan fingerprint density at radius 2 is 1.25 bits per heavy atom. The molecule has 4 nitrogen and oxygen atoms in total. The third-order valence-electron chi connectivity index (χ3n) is 1.01. The van der Waals surface area contributed by atoms with Crippen molar-refractivity contribution in [2.24, 2.45) is 0 Å². The molecule has 2 N–H and O–H groups in total. The Labute approximate surface area is 68.7 Å². The monoisotopic (exact) mass is 168 g/mol. The molecule has 0 saturated carbocycles. The summed E-state index contributed by atoms with van der Waals surface area (Å²) in [6.45, 7) is 0. The van der Waals surface area contributed by atoms with Crippen LogP contribution in [0.4, 0.5) is 0 Å². The molecule has 0 fully saturated rings. The molecule has 2 aromatic rings. The maximum absolute atomic E-state index is 8.31. The van der Waals surface area contributed by atoms with Crippen LogP contribution in [-0.4, -0.2) is 10.2 Å². The van der Waals surface area contributed by atoms with Gasteiger partial charge in [-0.15, -0.1) is 0 Å². The van der Waals surface area contributed by atoms with Crippen molar-refractivity contribution < 1.29 is 19.0 Å². The lowest BCUT2D eigenvalue weighted by Crippen LogP contribution is -1.40. The molecule has 0 aliphatic heterocycles. The van der Waals surface area contributed by atoms with Crippen LogP contribution in [0.25, 0.3) is 0 Å². The van der Waals surface area contributed by atoms with Gasteiger partial charge in [-0.3, -0.25) is 0 Å². The lowest BCUT2D eigenvalue weighted by Gasteiger charge is -1.69. The molecule has 0 spiro atoms. The van der Waals surface area contributed by atoms with Gasteiger partial charge in [0, 0.05) is 12.1 Å². The maximum Gasteiger partial charge on any atom is 0.281 e. The molecular weight excluding hydrogens is 160 g/mol. The second-order valence-electron chi connectivity index (χ2n) is 1.90. The van der Waals surface area contributed by atoms with E-state index >= 15 is 0 Å². The fraction of sp³-hybridized carbons (Fsp3) is 0. The highest BCUT2D eigenvalue weighted by molar-refractivity contribution is 5.01. The fourth-order valence-corrected chi connectivity index (χ4v) is 0.540. The molecule has 4 heteroatoms. The predicted molar refractivity (Wildman–Crippen MR) is 40.7 cm³/mol. The topological polar surface area (TPSA) is 66.7 Å². The zero-order valence-corrected chi connectivity index (χ0v) is 6.18. The summed E-state index contributed by atoms with van der Waals surface area (Å²) in [5.41, 5.74) is 0. The van der Waals surface area contributed by atoms with Crippen molar-refractivity contribution in [1.82, 2.24) is 0 Å². The lowest BCUT2D eigenvalue weighted by atomic mass is 10.7. The Kier molecular flexibility index (Phi) is 2.84. The van der Waals surface area contributed by atoms with Gasteiger partial charge in [-0.1, -0.05) is 0 Å². The number of furan rings is 2. The largest absolute Gasteiger partial charge is 0.481 e. The Bertz CT molecular complexity index is 250. The second kappa shape index (κ2) is 4.12. The van der Waals surface area contributed by atoms with Crippen LogP contribution in [0.2, 0.25) is 0 Å². The molecule has 0 bridgehead atoms. The maximum atomic E-state index is 8.31. The molecule has 0 amide bonds. The second-order valence-corrected chi connectivity index (χ2v) is 1.90. The summed E-state index contributed by atoms with van der Waals surface area (Å²) < 4.78 is 8.78. The summed E-state index contributed by atoms with van der Waals surface area (Å²) in [6, 6.07) is 6.19. The Morgan fingerprint density at radius 3 is 1.33 bits per heavy atom. The molecular formula is C8H8O4. The first kappa shape index (κ1) is 8.26. The van der Waals surface area contributed by atoms with Crippen molar-refractivity contribution in [3.8, 4) is 11.9 Å². The highest BCUT2D eigenvalue weighted by atomic mass is 16.5. The summed E-state index contributed by atoms with van der Waals surface area (Å²) >= 11 is 0. The molecule has 2 heterocycles. The molecule has 0 atom stereocenters. The van der Waals surface area contributed by atoms with Crippen LogP contribution in [0.1, 0.15) is 0 Å². The van der Waals surface area contributed by atoms with Gasteiger partial charge >= 0.3 is 0 Å². The van der Waals surface area contributed by atoms with Gasteiger partial charge in [0.05, 0.1) is 12.5 Å². The summed E-state index contributed by atoms with van der Waals surface area (Å²) in [7, 11) is 0. The van der Waals surface area contributed by atoms with E-state index in [1.54, 1.807) is 12.1 Å². The average Bonchev–Trinajstić information content (AvgIpc) is 2.63. The van der Waals surface area contributed by atoms with E-state index in [4.69, 9.17) is 10.2 Å². The van der Waals surface area contributed by atoms with Crippen molar-refractivity contribution in [1.29, 1.82) is 0 Å². The molecule has 2 aromatic heterocycles. The van der Waals surface area contributed by atoms with Crippen LogP contribution in [0, 0.1) is 0 Å². The zero-order valence-electron chi connectivity index (χ0n) is 6.18. The summed E-state index contributed by atoms with van der Waals surface area (Å²) in [6.07, 6.45) is 2.82. The first-order chi connectivity index (χ1) is 5.79. The Balaban J connectivity index is 0.000000120. The van der Waals surface area contributed by atoms with E-state index in [0.717, 1.165) is 0 Å². The number of hydrogen-bond donors (Lipinski definition) is 2. The molecule has 0 aliphatic carbocycles. The molecule has 0 aliphatic rings. The fourth-order valence-electron chi connectivity index (χ4n) is 0.540. The van der Waals surface area contributed by atoms with E-state index < -0.39 is 0 Å². The zero-order chi connectivity index (χ0) is 8.81. The van der Waals surface area contributed by atoms with Gasteiger partial charge in [-0.25, -0.2) is 0 Å². The van der Waals surface area contributed by atoms with Crippen molar-refractivity contribution in [2.45, 2.75) is 0 Å². The van der Waals surface area contributed by atoms with E-state index in [1.165, 1.54) is 24.7 Å². The van der Waals surface area contributed by atoms with Gasteiger partial charge in [0.15, 0.2) is 0 Å². The van der Waals surface area contributed by atoms with Gasteiger partial charge in [0.2, 0.25) is 0 Å². The molecule has 64 valence electrons. The third-order valence-corrected chi connectivity index (χ3v) is 1.01. The van der Waals surface area contributed by atoms with Gasteiger partial charge < -0.3 is 19.0 Å². The van der Waals surface area contributed by atoms with Crippen molar-refractivity contribution in [3.05, 3.63) is 36.8 Å². The van der Waals surface area contributed by atoms with E-state index in [-0.39, 0.29) is 11.9 Å². The van der Waals surface area contributed by atoms with Crippen LogP contribution in [0.3, 0.4) is 0 Å². The highest BCUT2D eigenvalue weighted by Gasteiger charge is 1.80. The van der Waals surface area contributed by atoms with Crippen LogP contribution < -0.4 is 0 Å². The van der Waals surface area contributed by atoms with Gasteiger partial charge in [-0.05, 0) is 12.1 Å². The smallest absolute Gasteiger partial charge is 0.281 e. The average molecular weight is 168 g/mol. The van der Waals surface area contributed by atoms with Crippen molar-refractivity contribution in [3.63, 3.8) is 0 Å². The molecule has 0 saturated heterocycles. The minimum absolute atomic E-state index is 0.0324. The summed E-state index contributed by atoms with van der Waals surface area (Å²) in [5.74, 6) is -0.0648. The van der Waals surface area contributed by atoms with Crippen molar-refractivity contribution >= 4 is 0 Å². The van der Waals surface area contributed by atoms with E-state index in [2.05, 4.69) is 8.83 Å². The quantitative estimate of drug-likeness (QED) is 0.631. The Hall–Kier alpha value is -1.84. The number of aromatic hydroxyl groups is 2. The highest BCUT2D eigenvalue weighted by Crippen LogP contribution is 2.05. The van der Waals surface area contributed by atoms with Gasteiger partial charge in [-0.2, -0.15) is 0 Å². The summed E-state index contributed by atoms with van der Waals surface area (Å²) in [5, 5.41) is 16.6. The predicted octanol–water partition coefficient (Wildman–Crippen LogP) is 1.97. The summed E-state index contributed by atoms with van der Waals surface area (Å²) in [4.78, 5) is 0. The van der Waals surface area contributed by atoms with E-state index in [1.807, 2.05) is 0 Å². The van der Waals surface area contributed by atoms with Gasteiger partial charge in [0.25, 0.3) is 11.9 Å². The van der Waals surface area contributed by atoms with Crippen LogP contribution in [0.5, 0.6) is 11.9 Å². The Morgan fingerprint density at radius 1 is 0.833 bits per heavy atom. The first-order valence-corrected chi connectivity index (χ1v) is 3.24. The number of hydrogen-bond acceptors (Lipinski definition) is 4. The molecule has 0 radical (unpaired) electrons. The molecule has 0 aromatic carbocycles. The molecule has 12 heavy (non-hydrogen) atoms. The molecule has 0 unspecified atom stereocenters. The van der Waals surface area contributed by atoms with Crippen LogP contribution >= 0.6 is 0 Å². The minimum atomic E-state index is -0.0324. The third kappa shape index (κ3) is 2.83. The van der Waals surface area contributed by atoms with Gasteiger partial charge in [0.1, 0.15) is 0 Å². The van der Waals surface area contributed by atoms with E-state index in [9.17, 15) is 0 Å². The van der Waals surface area contributed by atoms with Crippen LogP contribution in [-0.2, 0) is 0 Å².